The van der Waals surface area contributed by atoms with Gasteiger partial charge in [-0.1, -0.05) is 6.07 Å². The average Bonchev–Trinajstić information content (AvgIpc) is 3.02. The van der Waals surface area contributed by atoms with Crippen LogP contribution in [0.15, 0.2) is 48.9 Å². The van der Waals surface area contributed by atoms with E-state index in [-0.39, 0.29) is 24.7 Å². The second-order valence-electron chi connectivity index (χ2n) is 6.31. The molecule has 124 valence electrons. The highest BCUT2D eigenvalue weighted by Gasteiger charge is 2.43. The lowest BCUT2D eigenvalue weighted by Gasteiger charge is -2.36. The van der Waals surface area contributed by atoms with Crippen LogP contribution in [0.4, 0.5) is 0 Å². The van der Waals surface area contributed by atoms with Crippen molar-refractivity contribution in [1.82, 2.24) is 19.8 Å². The number of pyridine rings is 2. The number of amides is 1. The van der Waals surface area contributed by atoms with E-state index in [4.69, 9.17) is 4.74 Å². The van der Waals surface area contributed by atoms with Gasteiger partial charge in [0, 0.05) is 44.8 Å². The molecule has 0 unspecified atom stereocenters. The lowest BCUT2D eigenvalue weighted by atomic mass is 10.1. The van der Waals surface area contributed by atoms with E-state index >= 15 is 0 Å². The molecule has 24 heavy (non-hydrogen) atoms. The maximum absolute atomic E-state index is 12.4. The number of hydrogen-bond acceptors (Lipinski definition) is 5. The summed E-state index contributed by atoms with van der Waals surface area (Å²) >= 11 is 0. The molecule has 4 rings (SSSR count). The summed E-state index contributed by atoms with van der Waals surface area (Å²) in [6.45, 7) is 3.22. The Bertz CT molecular complexity index is 695. The summed E-state index contributed by atoms with van der Waals surface area (Å²) in [7, 11) is 0. The zero-order valence-corrected chi connectivity index (χ0v) is 13.4. The van der Waals surface area contributed by atoms with Gasteiger partial charge in [0.1, 0.15) is 6.61 Å². The first-order chi connectivity index (χ1) is 11.8. The van der Waals surface area contributed by atoms with Crippen molar-refractivity contribution in [2.24, 2.45) is 0 Å². The molecule has 0 bridgehead atoms. The highest BCUT2D eigenvalue weighted by atomic mass is 16.5. The molecule has 0 spiro atoms. The fourth-order valence-corrected chi connectivity index (χ4v) is 3.48. The van der Waals surface area contributed by atoms with Crippen LogP contribution in [0.2, 0.25) is 0 Å². The molecule has 0 aromatic carbocycles. The van der Waals surface area contributed by atoms with Gasteiger partial charge < -0.3 is 9.64 Å². The highest BCUT2D eigenvalue weighted by Crippen LogP contribution is 2.26. The van der Waals surface area contributed by atoms with Crippen molar-refractivity contribution in [2.45, 2.75) is 25.2 Å². The smallest absolute Gasteiger partial charge is 0.249 e. The summed E-state index contributed by atoms with van der Waals surface area (Å²) in [4.78, 5) is 25.1. The molecule has 2 aromatic heterocycles. The first kappa shape index (κ1) is 15.2. The van der Waals surface area contributed by atoms with Crippen LogP contribution < -0.4 is 0 Å². The summed E-state index contributed by atoms with van der Waals surface area (Å²) in [5, 5.41) is 0. The molecule has 2 fully saturated rings. The van der Waals surface area contributed by atoms with E-state index in [0.717, 1.165) is 30.9 Å². The Morgan fingerprint density at radius 3 is 2.75 bits per heavy atom. The maximum atomic E-state index is 12.4. The normalized spacial score (nSPS) is 24.2. The van der Waals surface area contributed by atoms with Crippen molar-refractivity contribution in [3.63, 3.8) is 0 Å². The van der Waals surface area contributed by atoms with E-state index in [1.807, 2.05) is 41.4 Å². The average molecular weight is 324 g/mol. The molecule has 0 aliphatic carbocycles. The minimum absolute atomic E-state index is 0.0627. The van der Waals surface area contributed by atoms with Gasteiger partial charge in [0.2, 0.25) is 5.91 Å². The number of rotatable bonds is 4. The van der Waals surface area contributed by atoms with E-state index in [2.05, 4.69) is 14.9 Å². The minimum Gasteiger partial charge on any atom is -0.365 e. The summed E-state index contributed by atoms with van der Waals surface area (Å²) < 4.78 is 5.78. The molecule has 2 aromatic rings. The zero-order valence-electron chi connectivity index (χ0n) is 13.4. The molecule has 0 radical (unpaired) electrons. The van der Waals surface area contributed by atoms with Gasteiger partial charge in [-0.25, -0.2) is 0 Å². The van der Waals surface area contributed by atoms with Crippen LogP contribution >= 0.6 is 0 Å². The van der Waals surface area contributed by atoms with Gasteiger partial charge in [-0.15, -0.1) is 0 Å². The van der Waals surface area contributed by atoms with Crippen molar-refractivity contribution in [3.8, 4) is 0 Å². The predicted octanol–water partition coefficient (Wildman–Crippen LogP) is 1.09. The third kappa shape index (κ3) is 3.16. The SMILES string of the molecule is O=C1CO[C@@H]2CN(Cc3ccccn3)C[C@H]2N1Cc1ccncc1. The molecule has 2 saturated heterocycles. The van der Waals surface area contributed by atoms with E-state index in [0.29, 0.717) is 6.54 Å². The Kier molecular flexibility index (Phi) is 4.23. The highest BCUT2D eigenvalue weighted by molar-refractivity contribution is 5.78. The molecule has 1 amide bonds. The van der Waals surface area contributed by atoms with Crippen LogP contribution in [0.25, 0.3) is 0 Å². The van der Waals surface area contributed by atoms with E-state index in [1.165, 1.54) is 0 Å². The van der Waals surface area contributed by atoms with Crippen molar-refractivity contribution in [1.29, 1.82) is 0 Å². The van der Waals surface area contributed by atoms with Gasteiger partial charge >= 0.3 is 0 Å². The van der Waals surface area contributed by atoms with Crippen LogP contribution in [0.1, 0.15) is 11.3 Å². The van der Waals surface area contributed by atoms with E-state index in [1.54, 1.807) is 12.4 Å². The lowest BCUT2D eigenvalue weighted by molar-refractivity contribution is -0.153. The quantitative estimate of drug-likeness (QED) is 0.842. The standard InChI is InChI=1S/C18H20N4O2/c23-18-13-24-17-12-21(10-15-3-1-2-6-20-15)11-16(17)22(18)9-14-4-7-19-8-5-14/h1-8,16-17H,9-13H2/t16-,17-/m1/s1. The van der Waals surface area contributed by atoms with Crippen LogP contribution in [0.5, 0.6) is 0 Å². The Labute approximate surface area is 141 Å². The molecular formula is C18H20N4O2. The van der Waals surface area contributed by atoms with Crippen molar-refractivity contribution < 1.29 is 9.53 Å². The summed E-state index contributed by atoms with van der Waals surface area (Å²) in [5.74, 6) is 0.0627. The molecule has 2 atom stereocenters. The first-order valence-corrected chi connectivity index (χ1v) is 8.22. The summed E-state index contributed by atoms with van der Waals surface area (Å²) in [6, 6.07) is 9.97. The molecule has 6 nitrogen and oxygen atoms in total. The number of morpholine rings is 1. The van der Waals surface area contributed by atoms with Crippen molar-refractivity contribution in [2.75, 3.05) is 19.7 Å². The van der Waals surface area contributed by atoms with Gasteiger partial charge in [-0.05, 0) is 29.8 Å². The fraction of sp³-hybridized carbons (Fsp3) is 0.389. The molecular weight excluding hydrogens is 304 g/mol. The predicted molar refractivity (Wildman–Crippen MR) is 87.8 cm³/mol. The third-order valence-electron chi connectivity index (χ3n) is 4.67. The third-order valence-corrected chi connectivity index (χ3v) is 4.67. The van der Waals surface area contributed by atoms with Gasteiger partial charge in [-0.2, -0.15) is 0 Å². The molecule has 0 N–H and O–H groups in total. The Balaban J connectivity index is 1.47. The number of carbonyl (C=O) groups is 1. The van der Waals surface area contributed by atoms with Gasteiger partial charge in [0.15, 0.2) is 0 Å². The number of fused-ring (bicyclic) bond motifs is 1. The van der Waals surface area contributed by atoms with Crippen LogP contribution in [-0.2, 0) is 22.6 Å². The number of likely N-dealkylation sites (tertiary alicyclic amines) is 1. The minimum atomic E-state index is 0.0627. The second-order valence-corrected chi connectivity index (χ2v) is 6.31. The van der Waals surface area contributed by atoms with Crippen molar-refractivity contribution >= 4 is 5.91 Å². The molecule has 0 saturated carbocycles. The van der Waals surface area contributed by atoms with Crippen molar-refractivity contribution in [3.05, 3.63) is 60.2 Å². The summed E-state index contributed by atoms with van der Waals surface area (Å²) in [6.07, 6.45) is 5.42. The molecule has 2 aliphatic rings. The maximum Gasteiger partial charge on any atom is 0.249 e. The van der Waals surface area contributed by atoms with Gasteiger partial charge in [-0.3, -0.25) is 19.7 Å². The molecule has 4 heterocycles. The molecule has 2 aliphatic heterocycles. The number of ether oxygens (including phenoxy) is 1. The monoisotopic (exact) mass is 324 g/mol. The lowest BCUT2D eigenvalue weighted by Crippen LogP contribution is -2.53. The van der Waals surface area contributed by atoms with E-state index < -0.39 is 0 Å². The fourth-order valence-electron chi connectivity index (χ4n) is 3.48. The number of hydrogen-bond donors (Lipinski definition) is 0. The zero-order chi connectivity index (χ0) is 16.4. The second kappa shape index (κ2) is 6.67. The van der Waals surface area contributed by atoms with E-state index in [9.17, 15) is 4.79 Å². The number of nitrogens with zero attached hydrogens (tertiary/aromatic N) is 4. The van der Waals surface area contributed by atoms with Crippen LogP contribution in [-0.4, -0.2) is 57.5 Å². The summed E-state index contributed by atoms with van der Waals surface area (Å²) in [5.41, 5.74) is 2.14. The Morgan fingerprint density at radius 2 is 1.96 bits per heavy atom. The Morgan fingerprint density at radius 1 is 1.08 bits per heavy atom. The van der Waals surface area contributed by atoms with Crippen LogP contribution in [0.3, 0.4) is 0 Å². The largest absolute Gasteiger partial charge is 0.365 e. The van der Waals surface area contributed by atoms with Gasteiger partial charge in [0.05, 0.1) is 17.8 Å². The number of aromatic nitrogens is 2. The van der Waals surface area contributed by atoms with Gasteiger partial charge in [0.25, 0.3) is 0 Å². The first-order valence-electron chi connectivity index (χ1n) is 8.22. The Hall–Kier alpha value is -2.31. The van der Waals surface area contributed by atoms with Crippen LogP contribution in [0, 0.1) is 0 Å². The topological polar surface area (TPSA) is 58.6 Å². The number of carbonyl (C=O) groups excluding carboxylic acids is 1. The molecule has 6 heteroatoms.